The van der Waals surface area contributed by atoms with E-state index in [1.165, 1.54) is 28.9 Å². The molecule has 136 valence electrons. The summed E-state index contributed by atoms with van der Waals surface area (Å²) in [6.07, 6.45) is 0. The zero-order valence-corrected chi connectivity index (χ0v) is 15.8. The van der Waals surface area contributed by atoms with E-state index in [-0.39, 0.29) is 10.6 Å². The molecule has 0 saturated carbocycles. The van der Waals surface area contributed by atoms with Crippen LogP contribution in [0.5, 0.6) is 0 Å². The third-order valence-electron chi connectivity index (χ3n) is 4.30. The number of alkyl halides is 1. The van der Waals surface area contributed by atoms with E-state index in [9.17, 15) is 13.2 Å². The molecule has 0 bridgehead atoms. The molecule has 0 aliphatic carbocycles. The summed E-state index contributed by atoms with van der Waals surface area (Å²) in [5.74, 6) is -1.93. The number of aromatic nitrogens is 2. The molecule has 0 amide bonds. The van der Waals surface area contributed by atoms with Gasteiger partial charge in [0.25, 0.3) is 0 Å². The molecule has 1 heterocycles. The van der Waals surface area contributed by atoms with E-state index in [0.29, 0.717) is 22.5 Å². The lowest BCUT2D eigenvalue weighted by Crippen LogP contribution is -2.22. The molecule has 0 radical (unpaired) electrons. The van der Waals surface area contributed by atoms with E-state index in [1.807, 2.05) is 0 Å². The summed E-state index contributed by atoms with van der Waals surface area (Å²) in [5, 5.41) is 4.56. The van der Waals surface area contributed by atoms with Crippen LogP contribution < -0.4 is 0 Å². The summed E-state index contributed by atoms with van der Waals surface area (Å²) in [6, 6.07) is 7.23. The molecule has 3 aromatic rings. The predicted octanol–water partition coefficient (Wildman–Crippen LogP) is 5.97. The van der Waals surface area contributed by atoms with E-state index < -0.39 is 22.3 Å². The van der Waals surface area contributed by atoms with Gasteiger partial charge < -0.3 is 0 Å². The van der Waals surface area contributed by atoms with Crippen LogP contribution >= 0.6 is 23.2 Å². The van der Waals surface area contributed by atoms with Gasteiger partial charge in [-0.25, -0.2) is 13.2 Å². The molecule has 0 N–H and O–H groups in total. The van der Waals surface area contributed by atoms with Crippen molar-refractivity contribution in [2.24, 2.45) is 7.05 Å². The molecule has 26 heavy (non-hydrogen) atoms. The Balaban J connectivity index is 2.28. The van der Waals surface area contributed by atoms with E-state index in [4.69, 9.17) is 23.2 Å². The molecule has 0 aliphatic rings. The van der Waals surface area contributed by atoms with Gasteiger partial charge in [0.15, 0.2) is 0 Å². The first-order valence-corrected chi connectivity index (χ1v) is 8.52. The summed E-state index contributed by atoms with van der Waals surface area (Å²) in [4.78, 5) is -1.36. The smallest absolute Gasteiger partial charge is 0.131 e. The number of rotatable bonds is 3. The maximum atomic E-state index is 14.4. The van der Waals surface area contributed by atoms with Crippen molar-refractivity contribution in [1.29, 1.82) is 0 Å². The first-order chi connectivity index (χ1) is 12.1. The van der Waals surface area contributed by atoms with Crippen LogP contribution in [0.25, 0.3) is 11.1 Å². The molecule has 1 unspecified atom stereocenters. The Morgan fingerprint density at radius 2 is 1.65 bits per heavy atom. The Labute approximate surface area is 159 Å². The first-order valence-electron chi connectivity index (χ1n) is 7.77. The maximum Gasteiger partial charge on any atom is 0.131 e. The molecule has 1 atom stereocenters. The highest BCUT2D eigenvalue weighted by molar-refractivity contribution is 6.33. The van der Waals surface area contributed by atoms with Gasteiger partial charge in [0.05, 0.1) is 16.4 Å². The standard InChI is InChI=1S/C19H15Cl2F3N2/c1-10-17(13-6-4-11(22)8-15(13)20)18(26(3)25-10)19(2,21)14-7-5-12(23)9-16(14)24/h4-9H,1-3H3. The normalized spacial score (nSPS) is 13.7. The van der Waals surface area contributed by atoms with Gasteiger partial charge in [-0.15, -0.1) is 11.6 Å². The lowest BCUT2D eigenvalue weighted by atomic mass is 9.90. The predicted molar refractivity (Wildman–Crippen MR) is 97.0 cm³/mol. The molecule has 7 heteroatoms. The van der Waals surface area contributed by atoms with Crippen molar-refractivity contribution >= 4 is 23.2 Å². The second-order valence-corrected chi connectivity index (χ2v) is 7.35. The highest BCUT2D eigenvalue weighted by Crippen LogP contribution is 2.45. The molecule has 1 aromatic heterocycles. The van der Waals surface area contributed by atoms with Crippen LogP contribution in [0.4, 0.5) is 13.2 Å². The van der Waals surface area contributed by atoms with Gasteiger partial charge in [-0.1, -0.05) is 17.7 Å². The molecular weight excluding hydrogens is 384 g/mol. The van der Waals surface area contributed by atoms with Crippen molar-refractivity contribution in [3.05, 3.63) is 75.8 Å². The minimum atomic E-state index is -1.36. The van der Waals surface area contributed by atoms with Crippen LogP contribution in [0.2, 0.25) is 5.02 Å². The van der Waals surface area contributed by atoms with Gasteiger partial charge in [0.2, 0.25) is 0 Å². The molecule has 2 nitrogen and oxygen atoms in total. The third kappa shape index (κ3) is 3.10. The van der Waals surface area contributed by atoms with Crippen molar-refractivity contribution in [3.8, 4) is 11.1 Å². The lowest BCUT2D eigenvalue weighted by molar-refractivity contribution is 0.551. The number of halogens is 5. The number of hydrogen-bond acceptors (Lipinski definition) is 1. The summed E-state index contributed by atoms with van der Waals surface area (Å²) in [6.45, 7) is 3.36. The summed E-state index contributed by atoms with van der Waals surface area (Å²) in [5.41, 5.74) is 2.28. The average molecular weight is 399 g/mol. The summed E-state index contributed by atoms with van der Waals surface area (Å²) >= 11 is 13.0. The number of aryl methyl sites for hydroxylation is 2. The van der Waals surface area contributed by atoms with Gasteiger partial charge >= 0.3 is 0 Å². The van der Waals surface area contributed by atoms with Crippen molar-refractivity contribution in [1.82, 2.24) is 9.78 Å². The number of benzene rings is 2. The van der Waals surface area contributed by atoms with E-state index in [0.717, 1.165) is 12.1 Å². The third-order valence-corrected chi connectivity index (χ3v) is 5.00. The minimum Gasteiger partial charge on any atom is -0.270 e. The SMILES string of the molecule is Cc1nn(C)c(C(C)(Cl)c2ccc(F)cc2F)c1-c1ccc(F)cc1Cl. The van der Waals surface area contributed by atoms with Crippen molar-refractivity contribution in [2.45, 2.75) is 18.7 Å². The zero-order valence-electron chi connectivity index (χ0n) is 14.2. The monoisotopic (exact) mass is 398 g/mol. The van der Waals surface area contributed by atoms with Crippen LogP contribution in [-0.2, 0) is 11.9 Å². The lowest BCUT2D eigenvalue weighted by Gasteiger charge is -2.25. The Kier molecular flexibility index (Phi) is 4.80. The fourth-order valence-electron chi connectivity index (χ4n) is 3.21. The Bertz CT molecular complexity index is 997. The van der Waals surface area contributed by atoms with Gasteiger partial charge in [0, 0.05) is 29.8 Å². The van der Waals surface area contributed by atoms with Crippen LogP contribution in [-0.4, -0.2) is 9.78 Å². The maximum absolute atomic E-state index is 14.4. The topological polar surface area (TPSA) is 17.8 Å². The second kappa shape index (κ2) is 6.63. The molecule has 3 rings (SSSR count). The zero-order chi connectivity index (χ0) is 19.2. The van der Waals surface area contributed by atoms with Gasteiger partial charge in [0.1, 0.15) is 22.3 Å². The van der Waals surface area contributed by atoms with Crippen molar-refractivity contribution in [2.75, 3.05) is 0 Å². The second-order valence-electron chi connectivity index (χ2n) is 6.18. The molecule has 0 spiro atoms. The Morgan fingerprint density at radius 3 is 2.27 bits per heavy atom. The van der Waals surface area contributed by atoms with Crippen LogP contribution in [0, 0.1) is 24.4 Å². The molecule has 0 saturated heterocycles. The summed E-state index contributed by atoms with van der Waals surface area (Å²) in [7, 11) is 1.67. The Morgan fingerprint density at radius 1 is 1.04 bits per heavy atom. The molecule has 2 aromatic carbocycles. The Hall–Kier alpha value is -1.98. The molecule has 0 fully saturated rings. The van der Waals surface area contributed by atoms with Crippen molar-refractivity contribution in [3.63, 3.8) is 0 Å². The molecular formula is C19H15Cl2F3N2. The largest absolute Gasteiger partial charge is 0.270 e. The average Bonchev–Trinajstić information content (AvgIpc) is 2.82. The minimum absolute atomic E-state index is 0.100. The quantitative estimate of drug-likeness (QED) is 0.497. The van der Waals surface area contributed by atoms with Gasteiger partial charge in [-0.2, -0.15) is 5.10 Å². The van der Waals surface area contributed by atoms with Crippen LogP contribution in [0.1, 0.15) is 23.9 Å². The van der Waals surface area contributed by atoms with Gasteiger partial charge in [-0.05, 0) is 38.1 Å². The number of hydrogen-bond donors (Lipinski definition) is 0. The fraction of sp³-hybridized carbons (Fsp3) is 0.211. The van der Waals surface area contributed by atoms with E-state index in [1.54, 1.807) is 20.9 Å². The van der Waals surface area contributed by atoms with Crippen molar-refractivity contribution < 1.29 is 13.2 Å². The highest BCUT2D eigenvalue weighted by atomic mass is 35.5. The number of nitrogens with zero attached hydrogens (tertiary/aromatic N) is 2. The highest BCUT2D eigenvalue weighted by Gasteiger charge is 2.36. The van der Waals surface area contributed by atoms with E-state index in [2.05, 4.69) is 5.10 Å². The van der Waals surface area contributed by atoms with Crippen LogP contribution in [0.15, 0.2) is 36.4 Å². The van der Waals surface area contributed by atoms with Gasteiger partial charge in [-0.3, -0.25) is 4.68 Å². The summed E-state index contributed by atoms with van der Waals surface area (Å²) < 4.78 is 42.7. The van der Waals surface area contributed by atoms with Crippen LogP contribution in [0.3, 0.4) is 0 Å². The first kappa shape index (κ1) is 18.8. The molecule has 0 aliphatic heterocycles. The van der Waals surface area contributed by atoms with E-state index >= 15 is 0 Å². The fourth-order valence-corrected chi connectivity index (χ4v) is 3.84.